The predicted molar refractivity (Wildman–Crippen MR) is 299 cm³/mol. The number of hydrogen-bond donors (Lipinski definition) is 2. The van der Waals surface area contributed by atoms with Gasteiger partial charge in [0.15, 0.2) is 0 Å². The van der Waals surface area contributed by atoms with Crippen molar-refractivity contribution >= 4 is 11.9 Å². The zero-order chi connectivity index (χ0) is 52.0. The highest BCUT2D eigenvalue weighted by molar-refractivity contribution is 5.90. The number of ether oxygens (including phenoxy) is 1. The van der Waals surface area contributed by atoms with E-state index >= 15 is 0 Å². The maximum atomic E-state index is 12.7. The van der Waals surface area contributed by atoms with E-state index in [-0.39, 0.29) is 29.5 Å². The fraction of sp³-hybridized carbons (Fsp3) is 0.735. The van der Waals surface area contributed by atoms with E-state index in [1.54, 1.807) is 11.6 Å². The highest BCUT2D eigenvalue weighted by Crippen LogP contribution is 2.70. The summed E-state index contributed by atoms with van der Waals surface area (Å²) < 4.78 is 6.00. The molecule has 0 spiro atoms. The summed E-state index contributed by atoms with van der Waals surface area (Å²) in [6.45, 7) is 24.8. The van der Waals surface area contributed by atoms with Gasteiger partial charge in [0, 0.05) is 6.42 Å². The fourth-order valence-corrected chi connectivity index (χ4v) is 19.8. The zero-order valence-corrected chi connectivity index (χ0v) is 47.5. The number of hydrogen-bond acceptors (Lipinski definition) is 4. The zero-order valence-electron chi connectivity index (χ0n) is 47.5. The van der Waals surface area contributed by atoms with Gasteiger partial charge in [0.05, 0.1) is 17.2 Å². The molecule has 0 aliphatic heterocycles. The molecule has 2 aromatic carbocycles. The first-order valence-corrected chi connectivity index (χ1v) is 30.4. The highest BCUT2D eigenvalue weighted by atomic mass is 16.5. The SMILES string of the molecule is CC(C)CCC[C@@H](C)[C@H]1CC[C@H]2[C@@H]3CC=C4C[C@@H](O)CC(c5ccccc5C(=O)O)[C@]4(C)[C@H]3CC[C@]12C.CC(C)CCC[C@@H](C)[C@H]1CC[C@H]2[C@@H]3CC=C4C[C@@H](OC(=O)c5ccccc5)CC[C@]4(C)[C@H]3CC[C@]12C. The van der Waals surface area contributed by atoms with Crippen LogP contribution in [-0.2, 0) is 4.74 Å². The number of carboxylic acid groups (broad SMARTS) is 1. The number of carbonyl (C=O) groups is 2. The lowest BCUT2D eigenvalue weighted by Gasteiger charge is -2.61. The summed E-state index contributed by atoms with van der Waals surface area (Å²) in [6, 6.07) is 17.1. The van der Waals surface area contributed by atoms with Crippen molar-refractivity contribution in [3.63, 3.8) is 0 Å². The molecule has 8 aliphatic carbocycles. The van der Waals surface area contributed by atoms with Gasteiger partial charge in [0.1, 0.15) is 6.10 Å². The molecule has 402 valence electrons. The number of carbonyl (C=O) groups excluding carboxylic acids is 1. The molecule has 6 fully saturated rings. The van der Waals surface area contributed by atoms with Crippen molar-refractivity contribution in [1.29, 1.82) is 0 Å². The average molecular weight is 998 g/mol. The Kier molecular flexibility index (Phi) is 16.5. The van der Waals surface area contributed by atoms with Crippen molar-refractivity contribution < 1.29 is 24.5 Å². The second kappa shape index (κ2) is 22.0. The number of esters is 1. The number of allylic oxidation sites excluding steroid dienone is 2. The van der Waals surface area contributed by atoms with E-state index in [1.165, 1.54) is 108 Å². The molecule has 1 unspecified atom stereocenters. The molecule has 17 atom stereocenters. The first-order valence-electron chi connectivity index (χ1n) is 30.4. The lowest BCUT2D eigenvalue weighted by Crippen LogP contribution is -2.53. The highest BCUT2D eigenvalue weighted by Gasteiger charge is 2.62. The number of rotatable bonds is 14. The largest absolute Gasteiger partial charge is 0.478 e. The monoisotopic (exact) mass is 997 g/mol. The van der Waals surface area contributed by atoms with Crippen molar-refractivity contribution in [2.45, 2.75) is 222 Å². The Bertz CT molecular complexity index is 2290. The van der Waals surface area contributed by atoms with Crippen molar-refractivity contribution in [3.05, 3.63) is 94.6 Å². The number of aliphatic hydroxyl groups is 1. The van der Waals surface area contributed by atoms with E-state index in [4.69, 9.17) is 4.74 Å². The van der Waals surface area contributed by atoms with E-state index in [0.29, 0.717) is 45.6 Å². The van der Waals surface area contributed by atoms with Crippen LogP contribution in [0.2, 0.25) is 0 Å². The van der Waals surface area contributed by atoms with E-state index in [0.717, 1.165) is 90.4 Å². The van der Waals surface area contributed by atoms with Crippen LogP contribution in [0.4, 0.5) is 0 Å². The van der Waals surface area contributed by atoms with Crippen LogP contribution in [0.5, 0.6) is 0 Å². The summed E-state index contributed by atoms with van der Waals surface area (Å²) in [5.41, 5.74) is 6.23. The fourth-order valence-electron chi connectivity index (χ4n) is 19.8. The first-order chi connectivity index (χ1) is 34.8. The topological polar surface area (TPSA) is 83.8 Å². The van der Waals surface area contributed by atoms with Crippen molar-refractivity contribution in [3.8, 4) is 0 Å². The van der Waals surface area contributed by atoms with E-state index in [9.17, 15) is 19.8 Å². The lowest BCUT2D eigenvalue weighted by molar-refractivity contribution is -0.0653. The molecule has 0 heterocycles. The minimum atomic E-state index is -0.849. The third kappa shape index (κ3) is 10.4. The number of benzene rings is 2. The minimum absolute atomic E-state index is 0.0324. The Morgan fingerprint density at radius 1 is 0.616 bits per heavy atom. The smallest absolute Gasteiger partial charge is 0.338 e. The Balaban J connectivity index is 0.000000180. The molecule has 73 heavy (non-hydrogen) atoms. The molecule has 6 saturated carbocycles. The van der Waals surface area contributed by atoms with Crippen LogP contribution in [0.25, 0.3) is 0 Å². The summed E-state index contributed by atoms with van der Waals surface area (Å²) in [4.78, 5) is 24.9. The molecule has 2 aromatic rings. The Hall–Kier alpha value is -3.18. The number of aromatic carboxylic acids is 1. The molecule has 2 N–H and O–H groups in total. The summed E-state index contributed by atoms with van der Waals surface area (Å²) in [6.07, 6.45) is 31.0. The van der Waals surface area contributed by atoms with Gasteiger partial charge >= 0.3 is 11.9 Å². The maximum Gasteiger partial charge on any atom is 0.338 e. The number of fused-ring (bicyclic) bond motifs is 10. The van der Waals surface area contributed by atoms with Crippen molar-refractivity contribution in [2.24, 2.45) is 92.7 Å². The van der Waals surface area contributed by atoms with E-state index in [2.05, 4.69) is 81.4 Å². The third-order valence-corrected chi connectivity index (χ3v) is 23.5. The summed E-state index contributed by atoms with van der Waals surface area (Å²) >= 11 is 0. The third-order valence-electron chi connectivity index (χ3n) is 23.5. The maximum absolute atomic E-state index is 12.7. The van der Waals surface area contributed by atoms with Gasteiger partial charge in [-0.2, -0.15) is 0 Å². The van der Waals surface area contributed by atoms with Crippen molar-refractivity contribution in [2.75, 3.05) is 0 Å². The molecule has 0 aromatic heterocycles. The van der Waals surface area contributed by atoms with Crippen molar-refractivity contribution in [1.82, 2.24) is 0 Å². The number of carboxylic acids is 1. The molecule has 0 radical (unpaired) electrons. The molecule has 0 saturated heterocycles. The quantitative estimate of drug-likeness (QED) is 0.146. The summed E-state index contributed by atoms with van der Waals surface area (Å²) in [7, 11) is 0. The van der Waals surface area contributed by atoms with Crippen LogP contribution in [0.15, 0.2) is 77.9 Å². The first kappa shape index (κ1) is 54.6. The summed E-state index contributed by atoms with van der Waals surface area (Å²) in [5, 5.41) is 21.0. The minimum Gasteiger partial charge on any atom is -0.478 e. The van der Waals surface area contributed by atoms with Crippen LogP contribution in [0.1, 0.15) is 236 Å². The van der Waals surface area contributed by atoms with Gasteiger partial charge in [0.25, 0.3) is 0 Å². The molecule has 5 heteroatoms. The predicted octanol–water partition coefficient (Wildman–Crippen LogP) is 17.7. The van der Waals surface area contributed by atoms with E-state index < -0.39 is 5.97 Å². The average Bonchev–Trinajstić information content (AvgIpc) is 3.91. The molecule has 10 rings (SSSR count). The van der Waals surface area contributed by atoms with Crippen LogP contribution < -0.4 is 0 Å². The second-order valence-electron chi connectivity index (χ2n) is 28.1. The molecule has 0 amide bonds. The van der Waals surface area contributed by atoms with Crippen LogP contribution >= 0.6 is 0 Å². The van der Waals surface area contributed by atoms with Gasteiger partial charge in [-0.05, 0) is 212 Å². The van der Waals surface area contributed by atoms with Crippen LogP contribution in [-0.4, -0.2) is 34.4 Å². The van der Waals surface area contributed by atoms with Gasteiger partial charge in [-0.25, -0.2) is 9.59 Å². The van der Waals surface area contributed by atoms with Gasteiger partial charge in [-0.15, -0.1) is 0 Å². The Morgan fingerprint density at radius 3 is 1.75 bits per heavy atom. The van der Waals surface area contributed by atoms with Crippen LogP contribution in [0.3, 0.4) is 0 Å². The Morgan fingerprint density at radius 2 is 1.16 bits per heavy atom. The standard InChI is InChI=1S/C34H50O3.C34H50O2/c1-21(2)9-8-10-22(3)28-15-16-29-27-14-13-23-19-24(35)20-31(25-11-6-7-12-26(25)32(36)37)34(23,5)30(27)17-18-33(28,29)4;1-23(2)10-9-11-24(3)29-16-17-30-28-15-14-26-22-27(36-32(35)25-12-7-6-8-13-25)18-20-33(26,4)31(28)19-21-34(29,30)5/h6-7,11-13,21-22,24,27-31,35H,8-10,14-20H2,1-5H3,(H,36,37);6-8,12-14,23-24,27-31H,9-11,15-22H2,1-5H3/t22-,24-,27+,28-,29+,30+,31?,33-,34+;24-,27+,28+,29-,30+,31+,33+,34-/m11/s1. The second-order valence-corrected chi connectivity index (χ2v) is 28.1. The molecular formula is C68H100O5. The van der Waals surface area contributed by atoms with E-state index in [1.807, 2.05) is 48.5 Å². The molecular weight excluding hydrogens is 897 g/mol. The molecule has 0 bridgehead atoms. The van der Waals surface area contributed by atoms with Gasteiger partial charge in [0.2, 0.25) is 0 Å². The molecule has 5 nitrogen and oxygen atoms in total. The molecule has 8 aliphatic rings. The normalized spacial score (nSPS) is 39.2. The van der Waals surface area contributed by atoms with Gasteiger partial charge in [-0.1, -0.05) is 167 Å². The van der Waals surface area contributed by atoms with Gasteiger partial charge < -0.3 is 14.9 Å². The van der Waals surface area contributed by atoms with Crippen LogP contribution in [0, 0.1) is 92.7 Å². The summed E-state index contributed by atoms with van der Waals surface area (Å²) in [5.74, 6) is 8.68. The van der Waals surface area contributed by atoms with Gasteiger partial charge in [-0.3, -0.25) is 0 Å². The Labute approximate surface area is 444 Å². The lowest BCUT2D eigenvalue weighted by atomic mass is 9.44. The number of aliphatic hydroxyl groups excluding tert-OH is 1.